The minimum absolute atomic E-state index is 0.0332. The van der Waals surface area contributed by atoms with Gasteiger partial charge in [0.1, 0.15) is 11.5 Å². The fourth-order valence-electron chi connectivity index (χ4n) is 2.21. The van der Waals surface area contributed by atoms with Gasteiger partial charge in [0.05, 0.1) is 0 Å². The number of hydrogen-bond acceptors (Lipinski definition) is 2. The van der Waals surface area contributed by atoms with Crippen LogP contribution in [0.25, 0.3) is 0 Å². The molecule has 0 spiro atoms. The molecule has 0 radical (unpaired) electrons. The molecule has 1 N–H and O–H groups in total. The monoisotopic (exact) mass is 311 g/mol. The Labute approximate surface area is 138 Å². The molecule has 0 aliphatic heterocycles. The van der Waals surface area contributed by atoms with Gasteiger partial charge in [-0.1, -0.05) is 57.2 Å². The van der Waals surface area contributed by atoms with Crippen molar-refractivity contribution in [3.05, 3.63) is 60.2 Å². The van der Waals surface area contributed by atoms with Gasteiger partial charge in [0, 0.05) is 12.5 Å². The smallest absolute Gasteiger partial charge is 0.223 e. The SMILES string of the molecule is CC(C)C(C)C(=O)NCCc1ccccc1Oc1ccccc1. The zero-order valence-electron chi connectivity index (χ0n) is 14.1. The Morgan fingerprint density at radius 1 is 1.00 bits per heavy atom. The Morgan fingerprint density at radius 2 is 1.65 bits per heavy atom. The Hall–Kier alpha value is -2.29. The fourth-order valence-corrected chi connectivity index (χ4v) is 2.21. The van der Waals surface area contributed by atoms with Gasteiger partial charge >= 0.3 is 0 Å². The fraction of sp³-hybridized carbons (Fsp3) is 0.350. The summed E-state index contributed by atoms with van der Waals surface area (Å²) in [5.74, 6) is 2.15. The molecule has 0 saturated carbocycles. The number of benzene rings is 2. The summed E-state index contributed by atoms with van der Waals surface area (Å²) in [7, 11) is 0. The molecular weight excluding hydrogens is 286 g/mol. The molecule has 1 amide bonds. The number of carbonyl (C=O) groups is 1. The third-order valence-corrected chi connectivity index (χ3v) is 4.05. The number of ether oxygens (including phenoxy) is 1. The van der Waals surface area contributed by atoms with E-state index < -0.39 is 0 Å². The van der Waals surface area contributed by atoms with Crippen LogP contribution < -0.4 is 10.1 Å². The average Bonchev–Trinajstić information content (AvgIpc) is 2.56. The van der Waals surface area contributed by atoms with Crippen LogP contribution in [0.4, 0.5) is 0 Å². The predicted molar refractivity (Wildman–Crippen MR) is 93.7 cm³/mol. The first-order valence-electron chi connectivity index (χ1n) is 8.16. The van der Waals surface area contributed by atoms with Crippen LogP contribution in [0.2, 0.25) is 0 Å². The summed E-state index contributed by atoms with van der Waals surface area (Å²) >= 11 is 0. The van der Waals surface area contributed by atoms with Crippen molar-refractivity contribution in [2.75, 3.05) is 6.54 Å². The molecule has 2 rings (SSSR count). The molecule has 0 fully saturated rings. The van der Waals surface area contributed by atoms with E-state index in [9.17, 15) is 4.79 Å². The molecule has 0 aliphatic rings. The second-order valence-corrected chi connectivity index (χ2v) is 6.10. The van der Waals surface area contributed by atoms with Crippen molar-refractivity contribution in [3.63, 3.8) is 0 Å². The molecule has 0 aromatic heterocycles. The normalized spacial score (nSPS) is 12.0. The Bertz CT molecular complexity index is 623. The number of carbonyl (C=O) groups excluding carboxylic acids is 1. The maximum absolute atomic E-state index is 12.0. The van der Waals surface area contributed by atoms with Crippen molar-refractivity contribution in [2.45, 2.75) is 27.2 Å². The molecule has 2 aromatic rings. The van der Waals surface area contributed by atoms with Crippen molar-refractivity contribution in [3.8, 4) is 11.5 Å². The molecule has 122 valence electrons. The van der Waals surface area contributed by atoms with Crippen molar-refractivity contribution < 1.29 is 9.53 Å². The average molecular weight is 311 g/mol. The molecule has 0 saturated heterocycles. The predicted octanol–water partition coefficient (Wildman–Crippen LogP) is 4.43. The third-order valence-electron chi connectivity index (χ3n) is 4.05. The van der Waals surface area contributed by atoms with E-state index in [2.05, 4.69) is 19.2 Å². The standard InChI is InChI=1S/C20H25NO2/c1-15(2)16(3)20(22)21-14-13-17-9-7-8-12-19(17)23-18-10-5-4-6-11-18/h4-12,15-16H,13-14H2,1-3H3,(H,21,22). The van der Waals surface area contributed by atoms with Gasteiger partial charge in [-0.05, 0) is 36.1 Å². The van der Waals surface area contributed by atoms with Crippen LogP contribution >= 0.6 is 0 Å². The molecule has 0 bridgehead atoms. The minimum atomic E-state index is 0.0332. The molecule has 0 aliphatic carbocycles. The Balaban J connectivity index is 1.94. The zero-order chi connectivity index (χ0) is 16.7. The van der Waals surface area contributed by atoms with Gasteiger partial charge < -0.3 is 10.1 Å². The summed E-state index contributed by atoms with van der Waals surface area (Å²) in [6, 6.07) is 17.7. The topological polar surface area (TPSA) is 38.3 Å². The summed E-state index contributed by atoms with van der Waals surface area (Å²) in [5.41, 5.74) is 1.09. The van der Waals surface area contributed by atoms with E-state index in [0.717, 1.165) is 23.5 Å². The van der Waals surface area contributed by atoms with E-state index in [0.29, 0.717) is 12.5 Å². The second kappa shape index (κ2) is 8.37. The maximum Gasteiger partial charge on any atom is 0.223 e. The molecule has 3 nitrogen and oxygen atoms in total. The summed E-state index contributed by atoms with van der Waals surface area (Å²) in [4.78, 5) is 12.0. The first kappa shape index (κ1) is 17.1. The van der Waals surface area contributed by atoms with Gasteiger partial charge in [-0.3, -0.25) is 4.79 Å². The lowest BCUT2D eigenvalue weighted by atomic mass is 9.97. The number of hydrogen-bond donors (Lipinski definition) is 1. The van der Waals surface area contributed by atoms with Crippen molar-refractivity contribution in [2.24, 2.45) is 11.8 Å². The molecule has 23 heavy (non-hydrogen) atoms. The largest absolute Gasteiger partial charge is 0.457 e. The van der Waals surface area contributed by atoms with E-state index in [-0.39, 0.29) is 11.8 Å². The number of amides is 1. The van der Waals surface area contributed by atoms with Gasteiger partial charge in [-0.15, -0.1) is 0 Å². The Kier molecular flexibility index (Phi) is 6.21. The van der Waals surface area contributed by atoms with Gasteiger partial charge in [-0.2, -0.15) is 0 Å². The van der Waals surface area contributed by atoms with Gasteiger partial charge in [-0.25, -0.2) is 0 Å². The van der Waals surface area contributed by atoms with E-state index in [1.165, 1.54) is 0 Å². The zero-order valence-corrected chi connectivity index (χ0v) is 14.1. The van der Waals surface area contributed by atoms with Gasteiger partial charge in [0.2, 0.25) is 5.91 Å². The third kappa shape index (κ3) is 5.13. The van der Waals surface area contributed by atoms with E-state index in [1.54, 1.807) is 0 Å². The highest BCUT2D eigenvalue weighted by atomic mass is 16.5. The maximum atomic E-state index is 12.0. The summed E-state index contributed by atoms with van der Waals surface area (Å²) in [6.45, 7) is 6.71. The van der Waals surface area contributed by atoms with Crippen LogP contribution in [0.15, 0.2) is 54.6 Å². The van der Waals surface area contributed by atoms with Gasteiger partial charge in [0.15, 0.2) is 0 Å². The second-order valence-electron chi connectivity index (χ2n) is 6.10. The van der Waals surface area contributed by atoms with Crippen LogP contribution in [-0.2, 0) is 11.2 Å². The minimum Gasteiger partial charge on any atom is -0.457 e. The van der Waals surface area contributed by atoms with Crippen LogP contribution in [0.5, 0.6) is 11.5 Å². The lowest BCUT2D eigenvalue weighted by molar-refractivity contribution is -0.125. The van der Waals surface area contributed by atoms with Crippen LogP contribution in [0, 0.1) is 11.8 Å². The molecule has 0 heterocycles. The quantitative estimate of drug-likeness (QED) is 0.821. The lowest BCUT2D eigenvalue weighted by Crippen LogP contribution is -2.33. The van der Waals surface area contributed by atoms with E-state index >= 15 is 0 Å². The van der Waals surface area contributed by atoms with Crippen molar-refractivity contribution >= 4 is 5.91 Å². The van der Waals surface area contributed by atoms with Crippen LogP contribution in [0.3, 0.4) is 0 Å². The molecule has 3 heteroatoms. The highest BCUT2D eigenvalue weighted by Crippen LogP contribution is 2.25. The summed E-state index contributed by atoms with van der Waals surface area (Å²) < 4.78 is 5.94. The highest BCUT2D eigenvalue weighted by molar-refractivity contribution is 5.78. The van der Waals surface area contributed by atoms with Crippen LogP contribution in [-0.4, -0.2) is 12.5 Å². The van der Waals surface area contributed by atoms with Crippen LogP contribution in [0.1, 0.15) is 26.3 Å². The summed E-state index contributed by atoms with van der Waals surface area (Å²) in [6.07, 6.45) is 0.750. The van der Waals surface area contributed by atoms with E-state index in [4.69, 9.17) is 4.74 Å². The Morgan fingerprint density at radius 3 is 2.35 bits per heavy atom. The first-order chi connectivity index (χ1) is 11.1. The van der Waals surface area contributed by atoms with Crippen molar-refractivity contribution in [1.82, 2.24) is 5.32 Å². The lowest BCUT2D eigenvalue weighted by Gasteiger charge is -2.16. The molecule has 2 aromatic carbocycles. The highest BCUT2D eigenvalue weighted by Gasteiger charge is 2.16. The summed E-state index contributed by atoms with van der Waals surface area (Å²) in [5, 5.41) is 3.01. The molecule has 1 unspecified atom stereocenters. The van der Waals surface area contributed by atoms with Gasteiger partial charge in [0.25, 0.3) is 0 Å². The molecule has 1 atom stereocenters. The van der Waals surface area contributed by atoms with Crippen molar-refractivity contribution in [1.29, 1.82) is 0 Å². The number of para-hydroxylation sites is 2. The van der Waals surface area contributed by atoms with E-state index in [1.807, 2.05) is 61.5 Å². The first-order valence-corrected chi connectivity index (χ1v) is 8.16. The number of nitrogens with one attached hydrogen (secondary N) is 1. The molecular formula is C20H25NO2. The number of rotatable bonds is 7.